The van der Waals surface area contributed by atoms with Gasteiger partial charge >= 0.3 is 0 Å². The van der Waals surface area contributed by atoms with E-state index < -0.39 is 0 Å². The minimum Gasteiger partial charge on any atom is -0.329 e. The summed E-state index contributed by atoms with van der Waals surface area (Å²) in [5, 5.41) is 0.527. The molecule has 62 valence electrons. The standard InChI is InChI=1S/C7H16FNS/c1-7(6-9)10-5-3-2-4-8/h7H,2-6,9H2,1H3. The molecule has 0 fully saturated rings. The van der Waals surface area contributed by atoms with Gasteiger partial charge in [0.15, 0.2) is 0 Å². The zero-order valence-corrected chi connectivity index (χ0v) is 7.29. The Morgan fingerprint density at radius 1 is 1.50 bits per heavy atom. The molecule has 0 amide bonds. The Labute approximate surface area is 66.6 Å². The number of rotatable bonds is 6. The molecule has 0 aliphatic heterocycles. The summed E-state index contributed by atoms with van der Waals surface area (Å²) in [4.78, 5) is 0. The summed E-state index contributed by atoms with van der Waals surface area (Å²) in [5.41, 5.74) is 5.39. The molecule has 0 saturated heterocycles. The van der Waals surface area contributed by atoms with Crippen LogP contribution in [-0.4, -0.2) is 24.2 Å². The van der Waals surface area contributed by atoms with Crippen LogP contribution in [-0.2, 0) is 0 Å². The van der Waals surface area contributed by atoms with Crippen molar-refractivity contribution in [3.05, 3.63) is 0 Å². The average Bonchev–Trinajstić information content (AvgIpc) is 1.98. The van der Waals surface area contributed by atoms with Gasteiger partial charge in [-0.1, -0.05) is 6.92 Å². The SMILES string of the molecule is CC(CN)SCCCCF. The molecule has 0 aromatic rings. The first-order valence-electron chi connectivity index (χ1n) is 3.69. The van der Waals surface area contributed by atoms with Gasteiger partial charge in [0, 0.05) is 11.8 Å². The third-order valence-electron chi connectivity index (χ3n) is 1.26. The molecule has 1 nitrogen and oxygen atoms in total. The quantitative estimate of drug-likeness (QED) is 0.607. The summed E-state index contributed by atoms with van der Waals surface area (Å²) >= 11 is 1.82. The van der Waals surface area contributed by atoms with Gasteiger partial charge in [-0.05, 0) is 18.6 Å². The van der Waals surface area contributed by atoms with Crippen molar-refractivity contribution in [3.8, 4) is 0 Å². The summed E-state index contributed by atoms with van der Waals surface area (Å²) in [7, 11) is 0. The third kappa shape index (κ3) is 6.36. The molecule has 0 radical (unpaired) electrons. The van der Waals surface area contributed by atoms with E-state index in [9.17, 15) is 4.39 Å². The van der Waals surface area contributed by atoms with Gasteiger partial charge in [-0.3, -0.25) is 4.39 Å². The van der Waals surface area contributed by atoms with Crippen LogP contribution in [0.4, 0.5) is 4.39 Å². The predicted molar refractivity (Wildman–Crippen MR) is 46.2 cm³/mol. The van der Waals surface area contributed by atoms with Gasteiger partial charge in [0.05, 0.1) is 6.67 Å². The van der Waals surface area contributed by atoms with Crippen molar-refractivity contribution in [2.45, 2.75) is 25.0 Å². The minimum atomic E-state index is -0.183. The monoisotopic (exact) mass is 165 g/mol. The van der Waals surface area contributed by atoms with Gasteiger partial charge in [0.2, 0.25) is 0 Å². The highest BCUT2D eigenvalue weighted by molar-refractivity contribution is 7.99. The van der Waals surface area contributed by atoms with E-state index in [4.69, 9.17) is 5.73 Å². The highest BCUT2D eigenvalue weighted by Gasteiger charge is 1.97. The fraction of sp³-hybridized carbons (Fsp3) is 1.00. The first-order valence-corrected chi connectivity index (χ1v) is 4.73. The molecule has 2 N–H and O–H groups in total. The van der Waals surface area contributed by atoms with Crippen molar-refractivity contribution in [2.75, 3.05) is 19.0 Å². The van der Waals surface area contributed by atoms with Crippen molar-refractivity contribution in [3.63, 3.8) is 0 Å². The highest BCUT2D eigenvalue weighted by atomic mass is 32.2. The zero-order chi connectivity index (χ0) is 7.82. The van der Waals surface area contributed by atoms with Crippen LogP contribution in [0.5, 0.6) is 0 Å². The first kappa shape index (κ1) is 10.2. The van der Waals surface area contributed by atoms with Crippen molar-refractivity contribution >= 4 is 11.8 Å². The zero-order valence-electron chi connectivity index (χ0n) is 6.48. The van der Waals surface area contributed by atoms with Crippen LogP contribution in [0.3, 0.4) is 0 Å². The van der Waals surface area contributed by atoms with E-state index in [1.165, 1.54) is 0 Å². The topological polar surface area (TPSA) is 26.0 Å². The fourth-order valence-corrected chi connectivity index (χ4v) is 1.46. The molecule has 0 aromatic carbocycles. The lowest BCUT2D eigenvalue weighted by Crippen LogP contribution is -2.12. The second kappa shape index (κ2) is 7.35. The number of halogens is 1. The van der Waals surface area contributed by atoms with Gasteiger partial charge in [-0.25, -0.2) is 0 Å². The van der Waals surface area contributed by atoms with Crippen molar-refractivity contribution in [1.29, 1.82) is 0 Å². The van der Waals surface area contributed by atoms with Crippen LogP contribution in [0, 0.1) is 0 Å². The number of hydrogen-bond donors (Lipinski definition) is 1. The van der Waals surface area contributed by atoms with E-state index in [1.807, 2.05) is 11.8 Å². The Hall–Kier alpha value is 0.240. The van der Waals surface area contributed by atoms with Crippen LogP contribution in [0.2, 0.25) is 0 Å². The molecule has 0 aliphatic carbocycles. The largest absolute Gasteiger partial charge is 0.329 e. The third-order valence-corrected chi connectivity index (χ3v) is 2.55. The molecule has 0 aromatic heterocycles. The Balaban J connectivity index is 2.89. The van der Waals surface area contributed by atoms with E-state index in [2.05, 4.69) is 6.92 Å². The summed E-state index contributed by atoms with van der Waals surface area (Å²) in [5.74, 6) is 1.04. The maximum Gasteiger partial charge on any atom is 0.0894 e. The summed E-state index contributed by atoms with van der Waals surface area (Å²) in [6, 6.07) is 0. The minimum absolute atomic E-state index is 0.183. The average molecular weight is 165 g/mol. The lowest BCUT2D eigenvalue weighted by molar-refractivity contribution is 0.470. The van der Waals surface area contributed by atoms with Crippen LogP contribution in [0.15, 0.2) is 0 Å². The van der Waals surface area contributed by atoms with Gasteiger partial charge < -0.3 is 5.73 Å². The summed E-state index contributed by atoms with van der Waals surface area (Å²) in [6.07, 6.45) is 1.68. The van der Waals surface area contributed by atoms with Gasteiger partial charge in [0.25, 0.3) is 0 Å². The maximum atomic E-state index is 11.6. The normalized spacial score (nSPS) is 13.5. The van der Waals surface area contributed by atoms with Gasteiger partial charge in [-0.15, -0.1) is 0 Å². The summed E-state index contributed by atoms with van der Waals surface area (Å²) in [6.45, 7) is 2.64. The van der Waals surface area contributed by atoms with Crippen LogP contribution >= 0.6 is 11.8 Å². The molecular formula is C7H16FNS. The molecule has 1 atom stereocenters. The van der Waals surface area contributed by atoms with E-state index in [0.717, 1.165) is 18.7 Å². The molecule has 10 heavy (non-hydrogen) atoms. The second-order valence-electron chi connectivity index (χ2n) is 2.31. The van der Waals surface area contributed by atoms with Crippen molar-refractivity contribution in [1.82, 2.24) is 0 Å². The first-order chi connectivity index (χ1) is 4.81. The predicted octanol–water partition coefficient (Wildman–Crippen LogP) is 1.82. The lowest BCUT2D eigenvalue weighted by atomic mass is 10.4. The Morgan fingerprint density at radius 2 is 2.20 bits per heavy atom. The van der Waals surface area contributed by atoms with Crippen LogP contribution in [0.1, 0.15) is 19.8 Å². The van der Waals surface area contributed by atoms with E-state index in [0.29, 0.717) is 11.7 Å². The molecule has 3 heteroatoms. The molecule has 0 saturated carbocycles. The van der Waals surface area contributed by atoms with E-state index >= 15 is 0 Å². The smallest absolute Gasteiger partial charge is 0.0894 e. The number of nitrogens with two attached hydrogens (primary N) is 1. The molecular weight excluding hydrogens is 149 g/mol. The molecule has 1 unspecified atom stereocenters. The van der Waals surface area contributed by atoms with Gasteiger partial charge in [0.1, 0.15) is 0 Å². The highest BCUT2D eigenvalue weighted by Crippen LogP contribution is 2.10. The van der Waals surface area contributed by atoms with Crippen LogP contribution < -0.4 is 5.73 Å². The number of hydrogen-bond acceptors (Lipinski definition) is 2. The second-order valence-corrected chi connectivity index (χ2v) is 3.86. The Kier molecular flexibility index (Phi) is 7.52. The van der Waals surface area contributed by atoms with E-state index in [1.54, 1.807) is 0 Å². The number of thioether (sulfide) groups is 1. The van der Waals surface area contributed by atoms with Crippen LogP contribution in [0.25, 0.3) is 0 Å². The Bertz CT molecular complexity index is 70.6. The number of alkyl halides is 1. The van der Waals surface area contributed by atoms with E-state index in [-0.39, 0.29) is 6.67 Å². The maximum absolute atomic E-state index is 11.6. The molecule has 0 aliphatic rings. The molecule has 0 heterocycles. The molecule has 0 spiro atoms. The summed E-state index contributed by atoms with van der Waals surface area (Å²) < 4.78 is 11.6. The molecule has 0 bridgehead atoms. The number of unbranched alkanes of at least 4 members (excludes halogenated alkanes) is 1. The van der Waals surface area contributed by atoms with Gasteiger partial charge in [-0.2, -0.15) is 11.8 Å². The lowest BCUT2D eigenvalue weighted by Gasteiger charge is -2.05. The fourth-order valence-electron chi connectivity index (χ4n) is 0.549. The van der Waals surface area contributed by atoms with Crippen molar-refractivity contribution < 1.29 is 4.39 Å². The Morgan fingerprint density at radius 3 is 2.70 bits per heavy atom. The molecule has 0 rings (SSSR count). The van der Waals surface area contributed by atoms with Crippen molar-refractivity contribution in [2.24, 2.45) is 5.73 Å².